The lowest BCUT2D eigenvalue weighted by molar-refractivity contribution is 0.0662. The first-order chi connectivity index (χ1) is 15.6. The molecule has 7 heteroatoms. The largest absolute Gasteiger partial charge is 0.491 e. The predicted octanol–water partition coefficient (Wildman–Crippen LogP) is 3.53. The van der Waals surface area contributed by atoms with Gasteiger partial charge in [0.05, 0.1) is 0 Å². The Bertz CT molecular complexity index is 1000. The topological polar surface area (TPSA) is 65.9 Å². The van der Waals surface area contributed by atoms with E-state index < -0.39 is 6.10 Å². The van der Waals surface area contributed by atoms with E-state index in [9.17, 15) is 9.90 Å². The molecule has 1 aliphatic rings. The van der Waals surface area contributed by atoms with E-state index in [0.717, 1.165) is 32.0 Å². The first-order valence-electron chi connectivity index (χ1n) is 10.7. The number of aliphatic hydroxyl groups is 1. The molecule has 4 rings (SSSR count). The van der Waals surface area contributed by atoms with Crippen LogP contribution in [-0.4, -0.2) is 66.2 Å². The van der Waals surface area contributed by atoms with Gasteiger partial charge in [-0.05, 0) is 60.7 Å². The lowest BCUT2D eigenvalue weighted by Crippen LogP contribution is -2.49. The average Bonchev–Trinajstić information content (AvgIpc) is 2.84. The number of aliphatic hydroxyl groups excluding tert-OH is 1. The third-order valence-corrected chi connectivity index (χ3v) is 5.73. The molecular weight excluding hydrogens is 426 g/mol. The summed E-state index contributed by atoms with van der Waals surface area (Å²) in [4.78, 5) is 21.4. The van der Waals surface area contributed by atoms with Crippen molar-refractivity contribution in [1.82, 2.24) is 9.88 Å². The van der Waals surface area contributed by atoms with Crippen LogP contribution in [0.1, 0.15) is 15.9 Å². The van der Waals surface area contributed by atoms with E-state index in [1.54, 1.807) is 48.5 Å². The zero-order valence-corrected chi connectivity index (χ0v) is 18.5. The molecule has 0 saturated carbocycles. The van der Waals surface area contributed by atoms with Gasteiger partial charge < -0.3 is 14.7 Å². The minimum Gasteiger partial charge on any atom is -0.491 e. The summed E-state index contributed by atoms with van der Waals surface area (Å²) in [7, 11) is 0. The van der Waals surface area contributed by atoms with E-state index >= 15 is 0 Å². The third-order valence-electron chi connectivity index (χ3n) is 5.48. The molecule has 166 valence electrons. The van der Waals surface area contributed by atoms with Gasteiger partial charge in [-0.25, -0.2) is 4.98 Å². The van der Waals surface area contributed by atoms with Gasteiger partial charge in [-0.15, -0.1) is 0 Å². The Labute approximate surface area is 193 Å². The highest BCUT2D eigenvalue weighted by Gasteiger charge is 2.20. The number of pyridine rings is 1. The molecule has 1 aliphatic heterocycles. The molecule has 1 fully saturated rings. The molecule has 0 bridgehead atoms. The Morgan fingerprint density at radius 3 is 2.25 bits per heavy atom. The Hall–Kier alpha value is -2.93. The minimum atomic E-state index is -0.591. The summed E-state index contributed by atoms with van der Waals surface area (Å²) in [5, 5.41) is 11.0. The summed E-state index contributed by atoms with van der Waals surface area (Å²) in [6.07, 6.45) is 1.22. The van der Waals surface area contributed by atoms with Crippen molar-refractivity contribution in [1.29, 1.82) is 0 Å². The lowest BCUT2D eigenvalue weighted by atomic mass is 10.0. The number of rotatable bonds is 8. The van der Waals surface area contributed by atoms with Crippen LogP contribution in [0.5, 0.6) is 5.75 Å². The number of hydrogen-bond donors (Lipinski definition) is 1. The molecule has 1 aromatic heterocycles. The summed E-state index contributed by atoms with van der Waals surface area (Å²) in [5.74, 6) is 1.55. The minimum absolute atomic E-state index is 0.0712. The maximum Gasteiger partial charge on any atom is 0.193 e. The second kappa shape index (κ2) is 10.6. The Balaban J connectivity index is 1.22. The van der Waals surface area contributed by atoms with Crippen LogP contribution in [0.2, 0.25) is 5.02 Å². The van der Waals surface area contributed by atoms with Crippen LogP contribution in [0.25, 0.3) is 0 Å². The Kier molecular flexibility index (Phi) is 7.37. The van der Waals surface area contributed by atoms with Crippen LogP contribution in [0.4, 0.5) is 5.82 Å². The molecule has 1 saturated heterocycles. The van der Waals surface area contributed by atoms with Crippen LogP contribution >= 0.6 is 11.6 Å². The van der Waals surface area contributed by atoms with E-state index in [1.165, 1.54) is 0 Å². The molecule has 0 radical (unpaired) electrons. The zero-order valence-electron chi connectivity index (χ0n) is 17.7. The normalized spacial score (nSPS) is 15.4. The van der Waals surface area contributed by atoms with Crippen molar-refractivity contribution in [2.45, 2.75) is 6.10 Å². The van der Waals surface area contributed by atoms with Crippen LogP contribution < -0.4 is 9.64 Å². The van der Waals surface area contributed by atoms with Crippen LogP contribution in [0.15, 0.2) is 72.9 Å². The van der Waals surface area contributed by atoms with E-state index in [0.29, 0.717) is 28.4 Å². The summed E-state index contributed by atoms with van der Waals surface area (Å²) in [6.45, 7) is 4.26. The number of nitrogens with zero attached hydrogens (tertiary/aromatic N) is 3. The van der Waals surface area contributed by atoms with Gasteiger partial charge in [-0.3, -0.25) is 9.69 Å². The van der Waals surface area contributed by atoms with Crippen LogP contribution in [-0.2, 0) is 0 Å². The fraction of sp³-hybridized carbons (Fsp3) is 0.280. The van der Waals surface area contributed by atoms with Crippen molar-refractivity contribution in [2.75, 3.05) is 44.2 Å². The number of ketones is 1. The van der Waals surface area contributed by atoms with Gasteiger partial charge in [0.15, 0.2) is 5.78 Å². The van der Waals surface area contributed by atoms with Crippen molar-refractivity contribution >= 4 is 23.2 Å². The molecule has 2 aromatic carbocycles. The third kappa shape index (κ3) is 5.85. The van der Waals surface area contributed by atoms with Gasteiger partial charge in [0, 0.05) is 55.1 Å². The Morgan fingerprint density at radius 2 is 1.62 bits per heavy atom. The average molecular weight is 452 g/mol. The first-order valence-corrected chi connectivity index (χ1v) is 11.1. The summed E-state index contributed by atoms with van der Waals surface area (Å²) in [6, 6.07) is 19.7. The molecule has 6 nitrogen and oxygen atoms in total. The number of aromatic nitrogens is 1. The molecule has 0 spiro atoms. The molecular formula is C25H26ClN3O3. The number of carbonyl (C=O) groups is 1. The van der Waals surface area contributed by atoms with Crippen molar-refractivity contribution in [3.05, 3.63) is 89.1 Å². The Morgan fingerprint density at radius 1 is 0.969 bits per heavy atom. The molecule has 1 atom stereocenters. The van der Waals surface area contributed by atoms with Crippen molar-refractivity contribution in [3.63, 3.8) is 0 Å². The van der Waals surface area contributed by atoms with E-state index in [-0.39, 0.29) is 12.4 Å². The van der Waals surface area contributed by atoms with E-state index in [1.807, 2.05) is 24.4 Å². The molecule has 32 heavy (non-hydrogen) atoms. The number of piperazine rings is 1. The van der Waals surface area contributed by atoms with E-state index in [2.05, 4.69) is 14.8 Å². The van der Waals surface area contributed by atoms with E-state index in [4.69, 9.17) is 16.3 Å². The van der Waals surface area contributed by atoms with Crippen LogP contribution in [0, 0.1) is 0 Å². The molecule has 3 aromatic rings. The standard InChI is InChI=1S/C25H26ClN3O3/c26-21-8-4-19(5-9-21)25(31)20-6-10-23(11-7-20)32-18-22(30)17-28-13-15-29(16-14-28)24-3-1-2-12-27-24/h1-12,22,30H,13-18H2. The maximum absolute atomic E-state index is 12.5. The monoisotopic (exact) mass is 451 g/mol. The molecule has 2 heterocycles. The molecule has 0 aliphatic carbocycles. The number of carbonyl (C=O) groups excluding carboxylic acids is 1. The van der Waals surface area contributed by atoms with Gasteiger partial charge in [0.2, 0.25) is 0 Å². The number of anilines is 1. The first kappa shape index (κ1) is 22.3. The number of benzene rings is 2. The number of halogens is 1. The lowest BCUT2D eigenvalue weighted by Gasteiger charge is -2.36. The van der Waals surface area contributed by atoms with Gasteiger partial charge >= 0.3 is 0 Å². The molecule has 0 amide bonds. The van der Waals surface area contributed by atoms with Crippen LogP contribution in [0.3, 0.4) is 0 Å². The van der Waals surface area contributed by atoms with Crippen molar-refractivity contribution < 1.29 is 14.6 Å². The second-order valence-electron chi connectivity index (χ2n) is 7.80. The van der Waals surface area contributed by atoms with Gasteiger partial charge in [-0.2, -0.15) is 0 Å². The van der Waals surface area contributed by atoms with Crippen molar-refractivity contribution in [2.24, 2.45) is 0 Å². The second-order valence-corrected chi connectivity index (χ2v) is 8.24. The maximum atomic E-state index is 12.5. The van der Waals surface area contributed by atoms with Crippen molar-refractivity contribution in [3.8, 4) is 5.75 Å². The summed E-state index contributed by atoms with van der Waals surface area (Å²) >= 11 is 5.88. The molecule has 1 N–H and O–H groups in total. The zero-order chi connectivity index (χ0) is 22.3. The quantitative estimate of drug-likeness (QED) is 0.528. The fourth-order valence-electron chi connectivity index (χ4n) is 3.71. The number of β-amino-alcohol motifs (C(OH)–C–C–N with tert-alkyl or cyclic N) is 1. The SMILES string of the molecule is O=C(c1ccc(Cl)cc1)c1ccc(OCC(O)CN2CCN(c3ccccn3)CC2)cc1. The summed E-state index contributed by atoms with van der Waals surface area (Å²) < 4.78 is 5.73. The number of hydrogen-bond acceptors (Lipinski definition) is 6. The number of ether oxygens (including phenoxy) is 1. The van der Waals surface area contributed by atoms with Gasteiger partial charge in [0.1, 0.15) is 24.3 Å². The predicted molar refractivity (Wildman–Crippen MR) is 126 cm³/mol. The van der Waals surface area contributed by atoms with Gasteiger partial charge in [0.25, 0.3) is 0 Å². The highest BCUT2D eigenvalue weighted by molar-refractivity contribution is 6.30. The summed E-state index contributed by atoms with van der Waals surface area (Å²) in [5.41, 5.74) is 1.16. The fourth-order valence-corrected chi connectivity index (χ4v) is 3.84. The molecule has 1 unspecified atom stereocenters. The smallest absolute Gasteiger partial charge is 0.193 e. The highest BCUT2D eigenvalue weighted by atomic mass is 35.5. The highest BCUT2D eigenvalue weighted by Crippen LogP contribution is 2.18. The van der Waals surface area contributed by atoms with Gasteiger partial charge in [-0.1, -0.05) is 17.7 Å².